The predicted molar refractivity (Wildman–Crippen MR) is 114 cm³/mol. The number of nitriles is 1. The fourth-order valence-electron chi connectivity index (χ4n) is 3.05. The van der Waals surface area contributed by atoms with Gasteiger partial charge in [0.1, 0.15) is 23.1 Å². The minimum Gasteiger partial charge on any atom is -0.369 e. The number of guanidine groups is 1. The third-order valence-electron chi connectivity index (χ3n) is 4.66. The van der Waals surface area contributed by atoms with Crippen LogP contribution >= 0.6 is 22.4 Å². The largest absolute Gasteiger partial charge is 0.369 e. The molecule has 30 heavy (non-hydrogen) atoms. The minimum absolute atomic E-state index is 0.0268. The molecule has 0 saturated heterocycles. The van der Waals surface area contributed by atoms with Gasteiger partial charge in [0.15, 0.2) is 5.83 Å². The summed E-state index contributed by atoms with van der Waals surface area (Å²) in [5.41, 5.74) is 4.74. The van der Waals surface area contributed by atoms with Crippen molar-refractivity contribution in [2.24, 2.45) is 10.7 Å². The number of nitrogens with zero attached hydrogens (tertiary/aromatic N) is 4. The fourth-order valence-corrected chi connectivity index (χ4v) is 4.82. The van der Waals surface area contributed by atoms with E-state index in [9.17, 15) is 17.9 Å². The molecule has 1 atom stereocenters. The topological polar surface area (TPSA) is 119 Å². The molecule has 0 radical (unpaired) electrons. The molecule has 1 aromatic carbocycles. The first-order chi connectivity index (χ1) is 14.0. The lowest BCUT2D eigenvalue weighted by Gasteiger charge is -2.49. The molecule has 7 nitrogen and oxygen atoms in total. The maximum absolute atomic E-state index is 14.7. The quantitative estimate of drug-likeness (QED) is 0.635. The summed E-state index contributed by atoms with van der Waals surface area (Å²) in [6.45, 7) is 1.52. The Hall–Kier alpha value is -2.71. The molecule has 1 aliphatic heterocycles. The van der Waals surface area contributed by atoms with E-state index in [1.54, 1.807) is 0 Å². The smallest absolute Gasteiger partial charge is 0.210 e. The van der Waals surface area contributed by atoms with Crippen LogP contribution in [0.2, 0.25) is 5.02 Å². The Morgan fingerprint density at radius 2 is 2.13 bits per heavy atom. The first kappa shape index (κ1) is 22.0. The number of hydrogen-bond acceptors (Lipinski definition) is 7. The number of rotatable bonds is 3. The molecule has 0 saturated carbocycles. The molecule has 0 amide bonds. The molecular weight excluding hydrogens is 436 g/mol. The van der Waals surface area contributed by atoms with E-state index in [2.05, 4.69) is 9.98 Å². The second-order valence-corrected chi connectivity index (χ2v) is 9.42. The van der Waals surface area contributed by atoms with Crippen LogP contribution < -0.4 is 5.73 Å². The van der Waals surface area contributed by atoms with Gasteiger partial charge in [-0.15, -0.1) is 10.8 Å². The second-order valence-electron chi connectivity index (χ2n) is 6.92. The molecule has 0 bridgehead atoms. The average molecular weight is 454 g/mol. The van der Waals surface area contributed by atoms with Crippen molar-refractivity contribution in [1.82, 2.24) is 9.29 Å². The van der Waals surface area contributed by atoms with Gasteiger partial charge in [-0.05, 0) is 36.8 Å². The summed E-state index contributed by atoms with van der Waals surface area (Å²) in [5.74, 6) is -1.88. The third-order valence-corrected chi connectivity index (χ3v) is 6.96. The van der Waals surface area contributed by atoms with Crippen molar-refractivity contribution in [3.8, 4) is 6.07 Å². The fraction of sp³-hybridized carbons (Fsp3) is 0.211. The molecule has 11 heteroatoms. The molecule has 0 fully saturated rings. The van der Waals surface area contributed by atoms with Crippen molar-refractivity contribution in [1.29, 1.82) is 5.26 Å². The Balaban J connectivity index is 2.04. The van der Waals surface area contributed by atoms with E-state index < -0.39 is 28.0 Å². The van der Waals surface area contributed by atoms with Crippen LogP contribution in [0.5, 0.6) is 0 Å². The van der Waals surface area contributed by atoms with Crippen LogP contribution in [0.4, 0.5) is 8.78 Å². The Morgan fingerprint density at radius 1 is 1.43 bits per heavy atom. The van der Waals surface area contributed by atoms with Crippen LogP contribution in [0.25, 0.3) is 11.9 Å². The third kappa shape index (κ3) is 4.11. The molecular formula is C19H18ClF2N5O2S. The Morgan fingerprint density at radius 3 is 2.73 bits per heavy atom. The molecule has 4 N–H and O–H groups in total. The van der Waals surface area contributed by atoms with Crippen LogP contribution in [0.1, 0.15) is 29.3 Å². The first-order valence-electron chi connectivity index (χ1n) is 8.55. The van der Waals surface area contributed by atoms with Crippen molar-refractivity contribution in [3.63, 3.8) is 0 Å². The van der Waals surface area contributed by atoms with Gasteiger partial charge in [-0.1, -0.05) is 17.7 Å². The van der Waals surface area contributed by atoms with Crippen LogP contribution in [0, 0.1) is 17.1 Å². The molecule has 158 valence electrons. The van der Waals surface area contributed by atoms with Crippen molar-refractivity contribution in [2.45, 2.75) is 12.5 Å². The lowest BCUT2D eigenvalue weighted by molar-refractivity contribution is 0.391. The van der Waals surface area contributed by atoms with E-state index in [1.165, 1.54) is 38.4 Å². The van der Waals surface area contributed by atoms with Gasteiger partial charge in [0.25, 0.3) is 0 Å². The second kappa shape index (κ2) is 7.85. The number of nitrogens with two attached hydrogens (primary N) is 1. The number of aromatic nitrogens is 1. The van der Waals surface area contributed by atoms with E-state index in [4.69, 9.17) is 22.6 Å². The summed E-state index contributed by atoms with van der Waals surface area (Å²) in [4.78, 5) is 8.08. The first-order valence-corrected chi connectivity index (χ1v) is 10.6. The lowest BCUT2D eigenvalue weighted by Crippen LogP contribution is -2.47. The van der Waals surface area contributed by atoms with E-state index in [1.807, 2.05) is 6.07 Å². The van der Waals surface area contributed by atoms with Crippen molar-refractivity contribution in [3.05, 3.63) is 63.7 Å². The molecule has 0 spiro atoms. The summed E-state index contributed by atoms with van der Waals surface area (Å²) in [6, 6.07) is 6.97. The molecule has 2 heterocycles. The zero-order chi connectivity index (χ0) is 22.3. The minimum atomic E-state index is -3.31. The van der Waals surface area contributed by atoms with Crippen LogP contribution in [-0.4, -0.2) is 37.2 Å². The monoisotopic (exact) mass is 453 g/mol. The highest BCUT2D eigenvalue weighted by Gasteiger charge is 2.41. The van der Waals surface area contributed by atoms with Gasteiger partial charge >= 0.3 is 0 Å². The summed E-state index contributed by atoms with van der Waals surface area (Å²) in [5, 5.41) is 8.81. The van der Waals surface area contributed by atoms with Crippen molar-refractivity contribution >= 4 is 40.2 Å². The van der Waals surface area contributed by atoms with Crippen molar-refractivity contribution in [2.75, 3.05) is 12.8 Å². The van der Waals surface area contributed by atoms with Gasteiger partial charge < -0.3 is 5.73 Å². The number of benzene rings is 1. The number of halogens is 3. The van der Waals surface area contributed by atoms with Crippen LogP contribution in [0.3, 0.4) is 0 Å². The maximum atomic E-state index is 14.7. The molecule has 2 aromatic rings. The van der Waals surface area contributed by atoms with Gasteiger partial charge in [-0.25, -0.2) is 18.1 Å². The highest BCUT2D eigenvalue weighted by atomic mass is 35.5. The van der Waals surface area contributed by atoms with Crippen molar-refractivity contribution < 1.29 is 17.9 Å². The van der Waals surface area contributed by atoms with Gasteiger partial charge in [0, 0.05) is 18.8 Å². The maximum Gasteiger partial charge on any atom is 0.210 e. The van der Waals surface area contributed by atoms with E-state index >= 15 is 0 Å². The molecule has 3 rings (SSSR count). The molecule has 1 aromatic heterocycles. The molecule has 0 aliphatic carbocycles. The van der Waals surface area contributed by atoms with Gasteiger partial charge in [-0.3, -0.25) is 14.1 Å². The molecule has 1 aliphatic rings. The van der Waals surface area contributed by atoms with Crippen LogP contribution in [0.15, 0.2) is 35.5 Å². The van der Waals surface area contributed by atoms with Gasteiger partial charge in [0.05, 0.1) is 16.3 Å². The number of hydrogen-bond donors (Lipinski definition) is 3. The molecule has 1 unspecified atom stereocenters. The highest BCUT2D eigenvalue weighted by molar-refractivity contribution is 8.22. The van der Waals surface area contributed by atoms with E-state index in [-0.39, 0.29) is 39.1 Å². The lowest BCUT2D eigenvalue weighted by atomic mass is 9.92. The van der Waals surface area contributed by atoms with Gasteiger partial charge in [-0.2, -0.15) is 5.26 Å². The zero-order valence-corrected chi connectivity index (χ0v) is 17.5. The SMILES string of the molecule is CN1C(N)=NC(C)(c2cc(C=C(F)c3ncc(C#N)cc3Cl)ccc2F)CS1(O)O. The van der Waals surface area contributed by atoms with E-state index in [0.717, 1.165) is 16.4 Å². The Labute approximate surface area is 178 Å². The normalized spacial score (nSPS) is 22.3. The predicted octanol–water partition coefficient (Wildman–Crippen LogP) is 4.35. The number of aliphatic imine (C=N–C) groups is 1. The number of pyridine rings is 1. The van der Waals surface area contributed by atoms with Crippen LogP contribution in [-0.2, 0) is 5.54 Å². The summed E-state index contributed by atoms with van der Waals surface area (Å²) in [7, 11) is -1.92. The Kier molecular flexibility index (Phi) is 5.75. The average Bonchev–Trinajstić information content (AvgIpc) is 2.66. The standard InChI is InChI=1S/C19H18ClF2N5O2S/c1-19(10-30(28,29)27(2)18(24)26-19)13-5-11(3-4-15(13)21)7-16(22)17-14(20)6-12(8-23)9-25-17/h3-7,9,28-29H,10H2,1-2H3,(H2,24,26). The summed E-state index contributed by atoms with van der Waals surface area (Å²) in [6.07, 6.45) is 2.29. The summed E-state index contributed by atoms with van der Waals surface area (Å²) < 4.78 is 51.0. The summed E-state index contributed by atoms with van der Waals surface area (Å²) >= 11 is 5.99. The van der Waals surface area contributed by atoms with Gasteiger partial charge in [0.2, 0.25) is 5.96 Å². The van der Waals surface area contributed by atoms with E-state index in [0.29, 0.717) is 0 Å². The zero-order valence-electron chi connectivity index (χ0n) is 16.0. The highest BCUT2D eigenvalue weighted by Crippen LogP contribution is 2.51. The Bertz CT molecular complexity index is 1120.